The second kappa shape index (κ2) is 4.09. The first kappa shape index (κ1) is 11.7. The first-order valence-electron chi connectivity index (χ1n) is 3.58. The van der Waals surface area contributed by atoms with Gasteiger partial charge in [-0.05, 0) is 20.3 Å². The zero-order chi connectivity index (χ0) is 9.83. The van der Waals surface area contributed by atoms with Gasteiger partial charge in [-0.15, -0.1) is 0 Å². The van der Waals surface area contributed by atoms with Crippen LogP contribution < -0.4 is 0 Å². The molecule has 0 bridgehead atoms. The number of ether oxygens (including phenoxy) is 1. The number of hydrogen-bond donors (Lipinski definition) is 1. The van der Waals surface area contributed by atoms with E-state index in [9.17, 15) is 13.2 Å². The van der Waals surface area contributed by atoms with E-state index in [-0.39, 0.29) is 13.0 Å². The van der Waals surface area contributed by atoms with Crippen molar-refractivity contribution in [2.45, 2.75) is 32.0 Å². The number of rotatable bonds is 4. The Morgan fingerprint density at radius 2 is 1.75 bits per heavy atom. The molecule has 0 aromatic rings. The van der Waals surface area contributed by atoms with Gasteiger partial charge in [-0.1, -0.05) is 0 Å². The predicted molar refractivity (Wildman–Crippen MR) is 37.8 cm³/mol. The van der Waals surface area contributed by atoms with E-state index in [1.165, 1.54) is 13.8 Å². The molecule has 1 N–H and O–H groups in total. The van der Waals surface area contributed by atoms with Crippen molar-refractivity contribution in [3.05, 3.63) is 0 Å². The second-order valence-electron chi connectivity index (χ2n) is 3.23. The van der Waals surface area contributed by atoms with Gasteiger partial charge in [-0.2, -0.15) is 13.2 Å². The van der Waals surface area contributed by atoms with Crippen LogP contribution in [0.25, 0.3) is 0 Å². The fraction of sp³-hybridized carbons (Fsp3) is 1.00. The highest BCUT2D eigenvalue weighted by atomic mass is 19.4. The third-order valence-corrected chi connectivity index (χ3v) is 1.12. The molecule has 0 aromatic heterocycles. The van der Waals surface area contributed by atoms with Crippen LogP contribution in [-0.4, -0.2) is 30.1 Å². The molecule has 0 aliphatic carbocycles. The summed E-state index contributed by atoms with van der Waals surface area (Å²) >= 11 is 0. The van der Waals surface area contributed by atoms with Gasteiger partial charge in [0.25, 0.3) is 0 Å². The first-order chi connectivity index (χ1) is 5.21. The van der Waals surface area contributed by atoms with Gasteiger partial charge >= 0.3 is 6.18 Å². The van der Waals surface area contributed by atoms with Gasteiger partial charge in [0.2, 0.25) is 0 Å². The van der Waals surface area contributed by atoms with Crippen LogP contribution in [0.15, 0.2) is 0 Å². The minimum atomic E-state index is -4.28. The lowest BCUT2D eigenvalue weighted by atomic mass is 10.1. The van der Waals surface area contributed by atoms with Crippen molar-refractivity contribution in [3.63, 3.8) is 0 Å². The monoisotopic (exact) mass is 186 g/mol. The van der Waals surface area contributed by atoms with E-state index >= 15 is 0 Å². The molecule has 5 heteroatoms. The average Bonchev–Trinajstić information content (AvgIpc) is 1.76. The molecule has 0 fully saturated rings. The highest BCUT2D eigenvalue weighted by molar-refractivity contribution is 4.63. The molecule has 0 aliphatic heterocycles. The standard InChI is InChI=1S/C7H13F3O2/c1-6(2,11)3-4-12-5-7(8,9)10/h11H,3-5H2,1-2H3. The molecule has 0 aromatic carbocycles. The summed E-state index contributed by atoms with van der Waals surface area (Å²) in [4.78, 5) is 0. The molecule has 0 amide bonds. The van der Waals surface area contributed by atoms with Crippen molar-refractivity contribution in [2.75, 3.05) is 13.2 Å². The molecular weight excluding hydrogens is 173 g/mol. The van der Waals surface area contributed by atoms with Crippen LogP contribution in [0.3, 0.4) is 0 Å². The van der Waals surface area contributed by atoms with Gasteiger partial charge in [0, 0.05) is 6.61 Å². The largest absolute Gasteiger partial charge is 0.411 e. The summed E-state index contributed by atoms with van der Waals surface area (Å²) in [6, 6.07) is 0. The minimum absolute atomic E-state index is 0.0803. The highest BCUT2D eigenvalue weighted by Crippen LogP contribution is 2.15. The number of alkyl halides is 3. The van der Waals surface area contributed by atoms with E-state index < -0.39 is 18.4 Å². The molecule has 2 nitrogen and oxygen atoms in total. The highest BCUT2D eigenvalue weighted by Gasteiger charge is 2.27. The van der Waals surface area contributed by atoms with E-state index in [4.69, 9.17) is 5.11 Å². The van der Waals surface area contributed by atoms with Gasteiger partial charge in [-0.25, -0.2) is 0 Å². The molecule has 0 unspecified atom stereocenters. The zero-order valence-corrected chi connectivity index (χ0v) is 7.11. The van der Waals surface area contributed by atoms with Crippen LogP contribution in [0.5, 0.6) is 0 Å². The molecule has 0 heterocycles. The van der Waals surface area contributed by atoms with Gasteiger partial charge in [0.1, 0.15) is 6.61 Å². The Morgan fingerprint density at radius 3 is 2.08 bits per heavy atom. The SMILES string of the molecule is CC(C)(O)CCOCC(F)(F)F. The third-order valence-electron chi connectivity index (χ3n) is 1.12. The van der Waals surface area contributed by atoms with Crippen LogP contribution in [0.1, 0.15) is 20.3 Å². The fourth-order valence-corrected chi connectivity index (χ4v) is 0.510. The third kappa shape index (κ3) is 9.71. The lowest BCUT2D eigenvalue weighted by Crippen LogP contribution is -2.23. The summed E-state index contributed by atoms with van der Waals surface area (Å²) in [6.07, 6.45) is -4.08. The summed E-state index contributed by atoms with van der Waals surface area (Å²) < 4.78 is 38.8. The average molecular weight is 186 g/mol. The summed E-state index contributed by atoms with van der Waals surface area (Å²) in [5.74, 6) is 0. The first-order valence-corrected chi connectivity index (χ1v) is 3.58. The van der Waals surface area contributed by atoms with Crippen LogP contribution in [0, 0.1) is 0 Å². The maximum Gasteiger partial charge on any atom is 0.411 e. The smallest absolute Gasteiger partial charge is 0.390 e. The Kier molecular flexibility index (Phi) is 3.99. The van der Waals surface area contributed by atoms with Crippen molar-refractivity contribution >= 4 is 0 Å². The normalized spacial score (nSPS) is 13.5. The van der Waals surface area contributed by atoms with Crippen LogP contribution in [0.4, 0.5) is 13.2 Å². The molecule has 0 spiro atoms. The molecule has 0 atom stereocenters. The minimum Gasteiger partial charge on any atom is -0.390 e. The fourth-order valence-electron chi connectivity index (χ4n) is 0.510. The maximum absolute atomic E-state index is 11.5. The summed E-state index contributed by atoms with van der Waals surface area (Å²) in [7, 11) is 0. The Bertz CT molecular complexity index is 110. The zero-order valence-electron chi connectivity index (χ0n) is 7.11. The Labute approximate surface area is 69.3 Å². The number of halogens is 3. The summed E-state index contributed by atoms with van der Waals surface area (Å²) in [5.41, 5.74) is -0.967. The number of hydrogen-bond acceptors (Lipinski definition) is 2. The molecule has 12 heavy (non-hydrogen) atoms. The van der Waals surface area contributed by atoms with Crippen LogP contribution >= 0.6 is 0 Å². The molecule has 74 valence electrons. The second-order valence-corrected chi connectivity index (χ2v) is 3.23. The molecule has 0 radical (unpaired) electrons. The van der Waals surface area contributed by atoms with E-state index in [0.717, 1.165) is 0 Å². The Morgan fingerprint density at radius 1 is 1.25 bits per heavy atom. The quantitative estimate of drug-likeness (QED) is 0.677. The maximum atomic E-state index is 11.5. The topological polar surface area (TPSA) is 29.5 Å². The Hall–Kier alpha value is -0.290. The van der Waals surface area contributed by atoms with Crippen molar-refractivity contribution < 1.29 is 23.0 Å². The van der Waals surface area contributed by atoms with Crippen molar-refractivity contribution in [1.82, 2.24) is 0 Å². The van der Waals surface area contributed by atoms with Gasteiger partial charge in [0.15, 0.2) is 0 Å². The van der Waals surface area contributed by atoms with Crippen molar-refractivity contribution in [1.29, 1.82) is 0 Å². The molecule has 0 saturated carbocycles. The molecule has 0 rings (SSSR count). The van der Waals surface area contributed by atoms with E-state index in [0.29, 0.717) is 0 Å². The lowest BCUT2D eigenvalue weighted by molar-refractivity contribution is -0.176. The summed E-state index contributed by atoms with van der Waals surface area (Å²) in [5, 5.41) is 9.09. The van der Waals surface area contributed by atoms with Gasteiger partial charge < -0.3 is 9.84 Å². The Balaban J connectivity index is 3.35. The predicted octanol–water partition coefficient (Wildman–Crippen LogP) is 1.73. The molecule has 0 saturated heterocycles. The van der Waals surface area contributed by atoms with E-state index in [1.54, 1.807) is 0 Å². The van der Waals surface area contributed by atoms with Crippen molar-refractivity contribution in [2.24, 2.45) is 0 Å². The summed E-state index contributed by atoms with van der Waals surface area (Å²) in [6.45, 7) is 1.71. The molecule has 0 aliphatic rings. The van der Waals surface area contributed by atoms with E-state index in [1.807, 2.05) is 0 Å². The number of aliphatic hydroxyl groups is 1. The lowest BCUT2D eigenvalue weighted by Gasteiger charge is -2.16. The van der Waals surface area contributed by atoms with Gasteiger partial charge in [-0.3, -0.25) is 0 Å². The molecular formula is C7H13F3O2. The van der Waals surface area contributed by atoms with Crippen LogP contribution in [-0.2, 0) is 4.74 Å². The van der Waals surface area contributed by atoms with E-state index in [2.05, 4.69) is 4.74 Å². The van der Waals surface area contributed by atoms with Crippen molar-refractivity contribution in [3.8, 4) is 0 Å². The van der Waals surface area contributed by atoms with Crippen LogP contribution in [0.2, 0.25) is 0 Å². The van der Waals surface area contributed by atoms with Gasteiger partial charge in [0.05, 0.1) is 5.60 Å².